The maximum absolute atomic E-state index is 13.6. The van der Waals surface area contributed by atoms with Gasteiger partial charge in [0.1, 0.15) is 22.2 Å². The number of aryl methyl sites for hydroxylation is 2. The van der Waals surface area contributed by atoms with Gasteiger partial charge in [0.05, 0.1) is 20.8 Å². The maximum atomic E-state index is 13.6. The normalized spacial score (nSPS) is 11.3. The third kappa shape index (κ3) is 7.51. The number of ether oxygens (including phenoxy) is 2. The van der Waals surface area contributed by atoms with Gasteiger partial charge in [0.2, 0.25) is 0 Å². The zero-order valence-electron chi connectivity index (χ0n) is 21.3. The van der Waals surface area contributed by atoms with E-state index in [4.69, 9.17) is 9.47 Å². The second-order valence-corrected chi connectivity index (χ2v) is 12.0. The minimum absolute atomic E-state index is 0.0426. The predicted octanol–water partition coefficient (Wildman–Crippen LogP) is 3.31. The van der Waals surface area contributed by atoms with Gasteiger partial charge in [-0.2, -0.15) is 8.42 Å². The van der Waals surface area contributed by atoms with E-state index in [1.54, 1.807) is 28.4 Å². The second kappa shape index (κ2) is 12.5. The van der Waals surface area contributed by atoms with Crippen LogP contribution in [0.1, 0.15) is 47.6 Å². The number of thiophene rings is 1. The van der Waals surface area contributed by atoms with Crippen molar-refractivity contribution in [2.45, 2.75) is 33.2 Å². The summed E-state index contributed by atoms with van der Waals surface area (Å²) < 4.78 is 38.1. The third-order valence-electron chi connectivity index (χ3n) is 5.54. The number of rotatable bonds is 12. The van der Waals surface area contributed by atoms with E-state index in [0.717, 1.165) is 18.4 Å². The van der Waals surface area contributed by atoms with Crippen molar-refractivity contribution in [3.8, 4) is 11.5 Å². The van der Waals surface area contributed by atoms with E-state index in [9.17, 15) is 18.0 Å². The molecule has 0 bridgehead atoms. The lowest BCUT2D eigenvalue weighted by atomic mass is 10.1. The molecule has 0 spiro atoms. The Morgan fingerprint density at radius 1 is 1.11 bits per heavy atom. The summed E-state index contributed by atoms with van der Waals surface area (Å²) in [6.45, 7) is 4.50. The number of aromatic nitrogens is 1. The minimum Gasteiger partial charge on any atom is -0.496 e. The number of hydrogen-bond donors (Lipinski definition) is 2. The number of benzene rings is 1. The molecule has 0 aliphatic heterocycles. The SMILES string of the molecule is CNS(=O)(=O)NC(=O)c1csc(CN(CCCc2ccc(C)s2)C(=O)c2cc(OC)c(C)c(OC)c2)n1. The number of amides is 2. The molecule has 0 aliphatic carbocycles. The fourth-order valence-corrected chi connectivity index (χ4v) is 5.76. The molecular weight excluding hydrogens is 536 g/mol. The molecule has 37 heavy (non-hydrogen) atoms. The number of thiazole rings is 1. The van der Waals surface area contributed by atoms with Gasteiger partial charge in [0.25, 0.3) is 11.8 Å². The molecule has 1 aromatic carbocycles. The van der Waals surface area contributed by atoms with E-state index in [1.165, 1.54) is 47.7 Å². The van der Waals surface area contributed by atoms with Crippen molar-refractivity contribution in [3.63, 3.8) is 0 Å². The monoisotopic (exact) mass is 566 g/mol. The Hall–Kier alpha value is -3.00. The molecule has 2 aromatic heterocycles. The summed E-state index contributed by atoms with van der Waals surface area (Å²) in [5, 5.41) is 1.96. The van der Waals surface area contributed by atoms with Crippen LogP contribution in [0.2, 0.25) is 0 Å². The molecule has 3 aromatic rings. The van der Waals surface area contributed by atoms with Gasteiger partial charge in [-0.25, -0.2) is 14.4 Å². The Morgan fingerprint density at radius 2 is 1.78 bits per heavy atom. The number of nitrogens with one attached hydrogen (secondary N) is 2. The average Bonchev–Trinajstić information content (AvgIpc) is 3.51. The zero-order chi connectivity index (χ0) is 27.2. The van der Waals surface area contributed by atoms with E-state index < -0.39 is 16.1 Å². The number of carbonyl (C=O) groups is 2. The van der Waals surface area contributed by atoms with E-state index in [0.29, 0.717) is 28.6 Å². The Balaban J connectivity index is 1.84. The van der Waals surface area contributed by atoms with Gasteiger partial charge in [0.15, 0.2) is 0 Å². The van der Waals surface area contributed by atoms with Gasteiger partial charge < -0.3 is 14.4 Å². The molecule has 0 aliphatic rings. The van der Waals surface area contributed by atoms with Crippen LogP contribution in [0.4, 0.5) is 0 Å². The first-order valence-corrected chi connectivity index (χ1v) is 14.5. The molecule has 13 heteroatoms. The zero-order valence-corrected chi connectivity index (χ0v) is 23.7. The summed E-state index contributed by atoms with van der Waals surface area (Å²) >= 11 is 2.90. The van der Waals surface area contributed by atoms with Crippen molar-refractivity contribution in [1.82, 2.24) is 19.3 Å². The van der Waals surface area contributed by atoms with Crippen molar-refractivity contribution in [2.75, 3.05) is 27.8 Å². The fourth-order valence-electron chi connectivity index (χ4n) is 3.58. The molecule has 0 radical (unpaired) electrons. The molecule has 0 atom stereocenters. The molecular formula is C24H30N4O6S3. The van der Waals surface area contributed by atoms with Crippen LogP contribution < -0.4 is 18.9 Å². The highest BCUT2D eigenvalue weighted by Crippen LogP contribution is 2.30. The number of carbonyl (C=O) groups excluding carboxylic acids is 2. The van der Waals surface area contributed by atoms with Crippen molar-refractivity contribution < 1.29 is 27.5 Å². The molecule has 2 heterocycles. The van der Waals surface area contributed by atoms with Gasteiger partial charge in [0, 0.05) is 39.9 Å². The average molecular weight is 567 g/mol. The summed E-state index contributed by atoms with van der Waals surface area (Å²) in [4.78, 5) is 34.3. The van der Waals surface area contributed by atoms with Gasteiger partial charge in [-0.05, 0) is 51.0 Å². The number of hydrogen-bond acceptors (Lipinski definition) is 9. The molecule has 2 amide bonds. The first kappa shape index (κ1) is 28.6. The maximum Gasteiger partial charge on any atom is 0.301 e. The first-order chi connectivity index (χ1) is 17.6. The molecule has 10 nitrogen and oxygen atoms in total. The lowest BCUT2D eigenvalue weighted by molar-refractivity contribution is 0.0740. The number of methoxy groups -OCH3 is 2. The van der Waals surface area contributed by atoms with Crippen LogP contribution >= 0.6 is 22.7 Å². The highest BCUT2D eigenvalue weighted by Gasteiger charge is 2.22. The van der Waals surface area contributed by atoms with Crippen molar-refractivity contribution >= 4 is 44.7 Å². The van der Waals surface area contributed by atoms with Gasteiger partial charge in [-0.3, -0.25) is 9.59 Å². The Bertz CT molecular complexity index is 1340. The van der Waals surface area contributed by atoms with Gasteiger partial charge >= 0.3 is 10.2 Å². The summed E-state index contributed by atoms with van der Waals surface area (Å²) in [6, 6.07) is 7.52. The molecule has 2 N–H and O–H groups in total. The minimum atomic E-state index is -3.96. The highest BCUT2D eigenvalue weighted by atomic mass is 32.2. The van der Waals surface area contributed by atoms with Crippen LogP contribution in [-0.2, 0) is 23.2 Å². The molecule has 3 rings (SSSR count). The van der Waals surface area contributed by atoms with E-state index in [2.05, 4.69) is 24.0 Å². The Morgan fingerprint density at radius 3 is 2.35 bits per heavy atom. The first-order valence-electron chi connectivity index (χ1n) is 11.3. The molecule has 0 saturated carbocycles. The van der Waals surface area contributed by atoms with Crippen LogP contribution in [0.5, 0.6) is 11.5 Å². The summed E-state index contributed by atoms with van der Waals surface area (Å²) in [5.74, 6) is -0.0139. The van der Waals surface area contributed by atoms with Crippen LogP contribution in [0.25, 0.3) is 0 Å². The van der Waals surface area contributed by atoms with Crippen molar-refractivity contribution in [2.24, 2.45) is 0 Å². The lowest BCUT2D eigenvalue weighted by Gasteiger charge is -2.23. The van der Waals surface area contributed by atoms with Crippen molar-refractivity contribution in [1.29, 1.82) is 0 Å². The predicted molar refractivity (Wildman–Crippen MR) is 144 cm³/mol. The Kier molecular flexibility index (Phi) is 9.65. The van der Waals surface area contributed by atoms with Crippen molar-refractivity contribution in [3.05, 3.63) is 61.2 Å². The van der Waals surface area contributed by atoms with Gasteiger partial charge in [-0.1, -0.05) is 0 Å². The summed E-state index contributed by atoms with van der Waals surface area (Å²) in [6.07, 6.45) is 1.54. The van der Waals surface area contributed by atoms with Crippen LogP contribution in [0.3, 0.4) is 0 Å². The van der Waals surface area contributed by atoms with E-state index in [1.807, 2.05) is 16.4 Å². The smallest absolute Gasteiger partial charge is 0.301 e. The van der Waals surface area contributed by atoms with Crippen LogP contribution in [0.15, 0.2) is 29.6 Å². The summed E-state index contributed by atoms with van der Waals surface area (Å²) in [5.41, 5.74) is 1.15. The fraction of sp³-hybridized carbons (Fsp3) is 0.375. The second-order valence-electron chi connectivity index (χ2n) is 8.11. The largest absolute Gasteiger partial charge is 0.496 e. The summed E-state index contributed by atoms with van der Waals surface area (Å²) in [7, 11) is 0.307. The molecule has 0 fully saturated rings. The number of nitrogens with zero attached hydrogens (tertiary/aromatic N) is 2. The lowest BCUT2D eigenvalue weighted by Crippen LogP contribution is -2.38. The van der Waals surface area contributed by atoms with E-state index >= 15 is 0 Å². The highest BCUT2D eigenvalue weighted by molar-refractivity contribution is 7.88. The van der Waals surface area contributed by atoms with Crippen LogP contribution in [-0.4, -0.2) is 57.9 Å². The Labute approximate surface area is 224 Å². The van der Waals surface area contributed by atoms with Gasteiger partial charge in [-0.15, -0.1) is 22.7 Å². The van der Waals surface area contributed by atoms with E-state index in [-0.39, 0.29) is 18.1 Å². The quantitative estimate of drug-likeness (QED) is 0.344. The molecule has 0 unspecified atom stereocenters. The molecule has 0 saturated heterocycles. The topological polar surface area (TPSA) is 127 Å². The standard InChI is InChI=1S/C24H30N4O6S3/c1-15-8-9-18(36-15)7-6-10-28(24(30)17-11-20(33-4)16(2)21(12-17)34-5)13-22-26-19(14-35-22)23(29)27-37(31,32)25-3/h8-9,11-12,14,25H,6-7,10,13H2,1-5H3,(H,27,29). The third-order valence-corrected chi connectivity index (χ3v) is 8.43. The molecule has 200 valence electrons. The van der Waals surface area contributed by atoms with Crippen LogP contribution in [0, 0.1) is 13.8 Å².